The van der Waals surface area contributed by atoms with Crippen molar-refractivity contribution in [2.24, 2.45) is 0 Å². The molecule has 0 aliphatic carbocycles. The summed E-state index contributed by atoms with van der Waals surface area (Å²) in [6.45, 7) is 2.04. The lowest BCUT2D eigenvalue weighted by Crippen LogP contribution is -2.21. The van der Waals surface area contributed by atoms with Gasteiger partial charge in [-0.15, -0.1) is 0 Å². The topological polar surface area (TPSA) is 38.7 Å². The summed E-state index contributed by atoms with van der Waals surface area (Å²) in [6.07, 6.45) is 1.78. The number of aliphatic hydroxyl groups excluding tert-OH is 1. The Morgan fingerprint density at radius 1 is 1.27 bits per heavy atom. The van der Waals surface area contributed by atoms with E-state index in [2.05, 4.69) is 0 Å². The van der Waals surface area contributed by atoms with E-state index < -0.39 is 0 Å². The van der Waals surface area contributed by atoms with Crippen LogP contribution in [0.15, 0.2) is 0 Å². The van der Waals surface area contributed by atoms with Gasteiger partial charge in [-0.25, -0.2) is 0 Å². The molecule has 0 aromatic heterocycles. The molecule has 0 aromatic carbocycles. The quantitative estimate of drug-likeness (QED) is 0.595. The maximum absolute atomic E-state index is 9.32. The molecule has 0 aromatic rings. The number of hydrogen-bond donors (Lipinski definition) is 1. The number of methoxy groups -OCH3 is 2. The maximum Gasteiger partial charge on any atom is 0.159 e. The van der Waals surface area contributed by atoms with Crippen molar-refractivity contribution in [3.05, 3.63) is 0 Å². The third-order valence-corrected chi connectivity index (χ3v) is 1.61. The van der Waals surface area contributed by atoms with Crippen LogP contribution in [0.5, 0.6) is 0 Å². The predicted octanol–water partition coefficient (Wildman–Crippen LogP) is 1.16. The van der Waals surface area contributed by atoms with Crippen molar-refractivity contribution in [2.75, 3.05) is 14.2 Å². The summed E-state index contributed by atoms with van der Waals surface area (Å²) in [5, 5.41) is 9.32. The van der Waals surface area contributed by atoms with Gasteiger partial charge >= 0.3 is 0 Å². The normalized spacial score (nSPS) is 13.9. The molecule has 0 heterocycles. The maximum atomic E-state index is 9.32. The van der Waals surface area contributed by atoms with Gasteiger partial charge in [0.25, 0.3) is 0 Å². The number of ether oxygens (including phenoxy) is 2. The smallest absolute Gasteiger partial charge is 0.159 e. The van der Waals surface area contributed by atoms with Crippen molar-refractivity contribution in [1.82, 2.24) is 0 Å². The molecule has 11 heavy (non-hydrogen) atoms. The van der Waals surface area contributed by atoms with Crippen molar-refractivity contribution in [3.63, 3.8) is 0 Å². The minimum Gasteiger partial charge on any atom is -0.393 e. The molecule has 68 valence electrons. The van der Waals surface area contributed by atoms with Crippen LogP contribution in [0.2, 0.25) is 0 Å². The Morgan fingerprint density at radius 2 is 1.82 bits per heavy atom. The van der Waals surface area contributed by atoms with E-state index in [4.69, 9.17) is 9.47 Å². The van der Waals surface area contributed by atoms with Crippen LogP contribution in [0.25, 0.3) is 0 Å². The Bertz CT molecular complexity index is 81.4. The second-order valence-electron chi connectivity index (χ2n) is 2.58. The lowest BCUT2D eigenvalue weighted by Gasteiger charge is -2.16. The summed E-state index contributed by atoms with van der Waals surface area (Å²) < 4.78 is 9.87. The fourth-order valence-corrected chi connectivity index (χ4v) is 0.962. The Morgan fingerprint density at radius 3 is 2.18 bits per heavy atom. The summed E-state index contributed by atoms with van der Waals surface area (Å²) in [5.41, 5.74) is 0. The first-order valence-electron chi connectivity index (χ1n) is 3.98. The van der Waals surface area contributed by atoms with Crippen molar-refractivity contribution in [2.45, 2.75) is 38.6 Å². The summed E-state index contributed by atoms with van der Waals surface area (Å²) in [5.74, 6) is 0. The zero-order chi connectivity index (χ0) is 8.69. The van der Waals surface area contributed by atoms with Crippen LogP contribution in [0.3, 0.4) is 0 Å². The van der Waals surface area contributed by atoms with Crippen LogP contribution < -0.4 is 0 Å². The molecule has 0 aliphatic heterocycles. The lowest BCUT2D eigenvalue weighted by atomic mass is 10.1. The van der Waals surface area contributed by atoms with Gasteiger partial charge in [0, 0.05) is 20.6 Å². The summed E-state index contributed by atoms with van der Waals surface area (Å²) >= 11 is 0. The third kappa shape index (κ3) is 5.18. The molecule has 0 fully saturated rings. The number of aliphatic hydroxyl groups is 1. The fourth-order valence-electron chi connectivity index (χ4n) is 0.962. The minimum atomic E-state index is -0.301. The summed E-state index contributed by atoms with van der Waals surface area (Å²) in [4.78, 5) is 0. The standard InChI is InChI=1S/C8H18O3/c1-4-5-7(9)6-8(10-2)11-3/h7-9H,4-6H2,1-3H3. The molecule has 0 bridgehead atoms. The molecule has 1 atom stereocenters. The number of rotatable bonds is 6. The fraction of sp³-hybridized carbons (Fsp3) is 1.00. The van der Waals surface area contributed by atoms with Crippen molar-refractivity contribution in [3.8, 4) is 0 Å². The van der Waals surface area contributed by atoms with Crippen LogP contribution in [-0.2, 0) is 9.47 Å². The van der Waals surface area contributed by atoms with Gasteiger partial charge in [-0.05, 0) is 6.42 Å². The van der Waals surface area contributed by atoms with E-state index in [1.54, 1.807) is 14.2 Å². The number of hydrogen-bond acceptors (Lipinski definition) is 3. The molecule has 0 amide bonds. The molecule has 0 saturated heterocycles. The van der Waals surface area contributed by atoms with Crippen molar-refractivity contribution in [1.29, 1.82) is 0 Å². The van der Waals surface area contributed by atoms with Gasteiger partial charge in [0.15, 0.2) is 6.29 Å². The zero-order valence-electron chi connectivity index (χ0n) is 7.54. The minimum absolute atomic E-state index is 0.267. The molecule has 0 rings (SSSR count). The van der Waals surface area contributed by atoms with Crippen molar-refractivity contribution < 1.29 is 14.6 Å². The van der Waals surface area contributed by atoms with Crippen LogP contribution in [0.1, 0.15) is 26.2 Å². The largest absolute Gasteiger partial charge is 0.393 e. The Kier molecular flexibility index (Phi) is 6.51. The first kappa shape index (κ1) is 10.9. The van der Waals surface area contributed by atoms with Gasteiger partial charge in [0.2, 0.25) is 0 Å². The molecular weight excluding hydrogens is 144 g/mol. The molecule has 0 spiro atoms. The molecule has 0 aliphatic rings. The summed E-state index contributed by atoms with van der Waals surface area (Å²) in [7, 11) is 3.15. The van der Waals surface area contributed by atoms with Gasteiger partial charge in [0.05, 0.1) is 6.10 Å². The first-order chi connectivity index (χ1) is 5.24. The van der Waals surface area contributed by atoms with E-state index in [1.165, 1.54) is 0 Å². The van der Waals surface area contributed by atoms with E-state index in [9.17, 15) is 5.11 Å². The van der Waals surface area contributed by atoms with Crippen LogP contribution in [0.4, 0.5) is 0 Å². The van der Waals surface area contributed by atoms with E-state index in [0.717, 1.165) is 12.8 Å². The lowest BCUT2D eigenvalue weighted by molar-refractivity contribution is -0.122. The predicted molar refractivity (Wildman–Crippen MR) is 43.3 cm³/mol. The molecule has 3 heteroatoms. The van der Waals surface area contributed by atoms with Crippen LogP contribution in [0, 0.1) is 0 Å². The Hall–Kier alpha value is -0.120. The van der Waals surface area contributed by atoms with Gasteiger partial charge < -0.3 is 14.6 Å². The molecule has 0 radical (unpaired) electrons. The highest BCUT2D eigenvalue weighted by molar-refractivity contribution is 4.56. The van der Waals surface area contributed by atoms with Gasteiger partial charge in [0.1, 0.15) is 0 Å². The highest BCUT2D eigenvalue weighted by Crippen LogP contribution is 2.07. The van der Waals surface area contributed by atoms with E-state index >= 15 is 0 Å². The SMILES string of the molecule is CCCC(O)CC(OC)OC. The highest BCUT2D eigenvalue weighted by atomic mass is 16.7. The van der Waals surface area contributed by atoms with Gasteiger partial charge in [-0.2, -0.15) is 0 Å². The summed E-state index contributed by atoms with van der Waals surface area (Å²) in [6, 6.07) is 0. The monoisotopic (exact) mass is 162 g/mol. The van der Waals surface area contributed by atoms with E-state index in [-0.39, 0.29) is 12.4 Å². The first-order valence-corrected chi connectivity index (χ1v) is 3.98. The Balaban J connectivity index is 3.44. The van der Waals surface area contributed by atoms with Crippen LogP contribution >= 0.6 is 0 Å². The average molecular weight is 162 g/mol. The average Bonchev–Trinajstić information content (AvgIpc) is 2.01. The molecule has 1 unspecified atom stereocenters. The Labute approximate surface area is 68.3 Å². The molecule has 3 nitrogen and oxygen atoms in total. The van der Waals surface area contributed by atoms with E-state index in [1.807, 2.05) is 6.92 Å². The highest BCUT2D eigenvalue weighted by Gasteiger charge is 2.11. The molecular formula is C8H18O3. The van der Waals surface area contributed by atoms with Gasteiger partial charge in [-0.3, -0.25) is 0 Å². The van der Waals surface area contributed by atoms with Crippen LogP contribution in [-0.4, -0.2) is 31.7 Å². The van der Waals surface area contributed by atoms with Gasteiger partial charge in [-0.1, -0.05) is 13.3 Å². The molecule has 0 saturated carbocycles. The molecule has 1 N–H and O–H groups in total. The van der Waals surface area contributed by atoms with Crippen molar-refractivity contribution >= 4 is 0 Å². The van der Waals surface area contributed by atoms with E-state index in [0.29, 0.717) is 6.42 Å². The second kappa shape index (κ2) is 6.58. The second-order valence-corrected chi connectivity index (χ2v) is 2.58. The zero-order valence-corrected chi connectivity index (χ0v) is 7.54. The third-order valence-electron chi connectivity index (χ3n) is 1.61.